The maximum absolute atomic E-state index is 5.96. The van der Waals surface area contributed by atoms with E-state index in [0.717, 1.165) is 23.6 Å². The first kappa shape index (κ1) is 15.8. The standard InChI is InChI=1S/C15H21ClN4O/c1-11(2)17-9-14-10-20(19-18-14)6-7-21-15-8-13(16)5-4-12(15)3/h4-5,8,10-11,17H,6-7,9H2,1-3H3. The van der Waals surface area contributed by atoms with Crippen LogP contribution in [0, 0.1) is 6.92 Å². The number of nitrogens with one attached hydrogen (secondary N) is 1. The van der Waals surface area contributed by atoms with Crippen LogP contribution in [0.25, 0.3) is 0 Å². The SMILES string of the molecule is Cc1ccc(Cl)cc1OCCn1cc(CNC(C)C)nn1. The van der Waals surface area contributed by atoms with Gasteiger partial charge in [0.25, 0.3) is 0 Å². The minimum absolute atomic E-state index is 0.435. The van der Waals surface area contributed by atoms with Crippen molar-refractivity contribution >= 4 is 11.6 Å². The maximum atomic E-state index is 5.96. The van der Waals surface area contributed by atoms with Gasteiger partial charge in [-0.1, -0.05) is 36.7 Å². The van der Waals surface area contributed by atoms with E-state index in [2.05, 4.69) is 29.5 Å². The van der Waals surface area contributed by atoms with Crippen molar-refractivity contribution in [1.82, 2.24) is 20.3 Å². The molecule has 2 aromatic rings. The second-order valence-corrected chi connectivity index (χ2v) is 5.70. The van der Waals surface area contributed by atoms with Crippen molar-refractivity contribution in [1.29, 1.82) is 0 Å². The molecule has 0 aliphatic heterocycles. The van der Waals surface area contributed by atoms with Crippen LogP contribution in [-0.4, -0.2) is 27.6 Å². The lowest BCUT2D eigenvalue weighted by Crippen LogP contribution is -2.21. The van der Waals surface area contributed by atoms with Crippen molar-refractivity contribution in [2.24, 2.45) is 0 Å². The van der Waals surface area contributed by atoms with Crippen LogP contribution in [-0.2, 0) is 13.1 Å². The molecule has 0 aliphatic rings. The molecule has 0 saturated carbocycles. The number of aryl methyl sites for hydroxylation is 1. The molecule has 0 radical (unpaired) electrons. The molecule has 0 atom stereocenters. The van der Waals surface area contributed by atoms with Gasteiger partial charge in [-0.15, -0.1) is 5.10 Å². The first-order valence-corrected chi connectivity index (χ1v) is 7.43. The van der Waals surface area contributed by atoms with E-state index in [0.29, 0.717) is 24.2 Å². The molecule has 1 aromatic heterocycles. The van der Waals surface area contributed by atoms with Crippen molar-refractivity contribution in [3.63, 3.8) is 0 Å². The Labute approximate surface area is 130 Å². The number of aromatic nitrogens is 3. The van der Waals surface area contributed by atoms with Crippen molar-refractivity contribution < 1.29 is 4.74 Å². The maximum Gasteiger partial charge on any atom is 0.123 e. The van der Waals surface area contributed by atoms with Crippen LogP contribution in [0.2, 0.25) is 5.02 Å². The predicted octanol–water partition coefficient (Wildman–Crippen LogP) is 2.82. The van der Waals surface area contributed by atoms with Gasteiger partial charge in [-0.05, 0) is 24.6 Å². The summed E-state index contributed by atoms with van der Waals surface area (Å²) in [5.41, 5.74) is 2.00. The normalized spacial score (nSPS) is 11.1. The monoisotopic (exact) mass is 308 g/mol. The summed E-state index contributed by atoms with van der Waals surface area (Å²) in [7, 11) is 0. The molecule has 0 aliphatic carbocycles. The van der Waals surface area contributed by atoms with E-state index in [4.69, 9.17) is 16.3 Å². The third-order valence-electron chi connectivity index (χ3n) is 3.01. The van der Waals surface area contributed by atoms with Gasteiger partial charge in [-0.3, -0.25) is 0 Å². The average molecular weight is 309 g/mol. The van der Waals surface area contributed by atoms with Gasteiger partial charge in [-0.25, -0.2) is 4.68 Å². The topological polar surface area (TPSA) is 52.0 Å². The van der Waals surface area contributed by atoms with E-state index in [9.17, 15) is 0 Å². The lowest BCUT2D eigenvalue weighted by molar-refractivity contribution is 0.288. The fourth-order valence-corrected chi connectivity index (χ4v) is 1.98. The number of hydrogen-bond donors (Lipinski definition) is 1. The van der Waals surface area contributed by atoms with Crippen molar-refractivity contribution in [3.8, 4) is 5.75 Å². The van der Waals surface area contributed by atoms with E-state index < -0.39 is 0 Å². The van der Waals surface area contributed by atoms with Gasteiger partial charge in [0, 0.05) is 23.8 Å². The van der Waals surface area contributed by atoms with Gasteiger partial charge in [-0.2, -0.15) is 0 Å². The quantitative estimate of drug-likeness (QED) is 0.854. The van der Waals surface area contributed by atoms with Crippen molar-refractivity contribution in [2.75, 3.05) is 6.61 Å². The van der Waals surface area contributed by atoms with E-state index >= 15 is 0 Å². The molecule has 0 fully saturated rings. The zero-order valence-corrected chi connectivity index (χ0v) is 13.4. The second kappa shape index (κ2) is 7.43. The van der Waals surface area contributed by atoms with E-state index in [1.807, 2.05) is 31.3 Å². The molecule has 5 nitrogen and oxygen atoms in total. The van der Waals surface area contributed by atoms with Crippen molar-refractivity contribution in [3.05, 3.63) is 40.7 Å². The molecule has 0 spiro atoms. The minimum atomic E-state index is 0.435. The molecule has 0 amide bonds. The minimum Gasteiger partial charge on any atom is -0.491 e. The van der Waals surface area contributed by atoms with Crippen LogP contribution in [0.1, 0.15) is 25.1 Å². The van der Waals surface area contributed by atoms with E-state index in [1.165, 1.54) is 0 Å². The molecule has 21 heavy (non-hydrogen) atoms. The Morgan fingerprint density at radius 3 is 2.95 bits per heavy atom. The highest BCUT2D eigenvalue weighted by atomic mass is 35.5. The largest absolute Gasteiger partial charge is 0.491 e. The Hall–Kier alpha value is -1.59. The fraction of sp³-hybridized carbons (Fsp3) is 0.467. The fourth-order valence-electron chi connectivity index (χ4n) is 1.82. The molecular weight excluding hydrogens is 288 g/mol. The Kier molecular flexibility index (Phi) is 5.59. The number of rotatable bonds is 7. The van der Waals surface area contributed by atoms with Crippen LogP contribution in [0.15, 0.2) is 24.4 Å². The Bertz CT molecular complexity index is 583. The van der Waals surface area contributed by atoms with Gasteiger partial charge in [0.2, 0.25) is 0 Å². The number of halogens is 1. The molecule has 1 heterocycles. The van der Waals surface area contributed by atoms with Gasteiger partial charge in [0.15, 0.2) is 0 Å². The number of hydrogen-bond acceptors (Lipinski definition) is 4. The summed E-state index contributed by atoms with van der Waals surface area (Å²) >= 11 is 5.96. The highest BCUT2D eigenvalue weighted by molar-refractivity contribution is 6.30. The number of benzene rings is 1. The molecule has 0 saturated heterocycles. The first-order valence-electron chi connectivity index (χ1n) is 7.06. The van der Waals surface area contributed by atoms with Crippen LogP contribution >= 0.6 is 11.6 Å². The summed E-state index contributed by atoms with van der Waals surface area (Å²) < 4.78 is 7.53. The third kappa shape index (κ3) is 5.02. The van der Waals surface area contributed by atoms with E-state index in [1.54, 1.807) is 4.68 Å². The summed E-state index contributed by atoms with van der Waals surface area (Å²) in [5, 5.41) is 12.2. The molecule has 0 bridgehead atoms. The molecule has 114 valence electrons. The zero-order chi connectivity index (χ0) is 15.2. The number of ether oxygens (including phenoxy) is 1. The number of nitrogens with zero attached hydrogens (tertiary/aromatic N) is 3. The van der Waals surface area contributed by atoms with Crippen LogP contribution < -0.4 is 10.1 Å². The zero-order valence-electron chi connectivity index (χ0n) is 12.6. The van der Waals surface area contributed by atoms with Gasteiger partial charge in [0.1, 0.15) is 12.4 Å². The summed E-state index contributed by atoms with van der Waals surface area (Å²) in [6.45, 7) is 8.11. The predicted molar refractivity (Wildman–Crippen MR) is 83.7 cm³/mol. The second-order valence-electron chi connectivity index (χ2n) is 5.27. The van der Waals surface area contributed by atoms with Gasteiger partial charge >= 0.3 is 0 Å². The smallest absolute Gasteiger partial charge is 0.123 e. The molecule has 0 unspecified atom stereocenters. The lowest BCUT2D eigenvalue weighted by atomic mass is 10.2. The summed E-state index contributed by atoms with van der Waals surface area (Å²) in [4.78, 5) is 0. The lowest BCUT2D eigenvalue weighted by Gasteiger charge is -2.09. The Morgan fingerprint density at radius 2 is 2.19 bits per heavy atom. The first-order chi connectivity index (χ1) is 10.0. The van der Waals surface area contributed by atoms with E-state index in [-0.39, 0.29) is 0 Å². The third-order valence-corrected chi connectivity index (χ3v) is 3.24. The van der Waals surface area contributed by atoms with Gasteiger partial charge in [0.05, 0.1) is 12.2 Å². The molecule has 6 heteroatoms. The van der Waals surface area contributed by atoms with Gasteiger partial charge < -0.3 is 10.1 Å². The molecule has 2 rings (SSSR count). The molecule has 1 aromatic carbocycles. The Morgan fingerprint density at radius 1 is 1.38 bits per heavy atom. The molecule has 1 N–H and O–H groups in total. The average Bonchev–Trinajstić information content (AvgIpc) is 2.88. The van der Waals surface area contributed by atoms with Crippen molar-refractivity contribution in [2.45, 2.75) is 39.9 Å². The van der Waals surface area contributed by atoms with Crippen LogP contribution in [0.4, 0.5) is 0 Å². The highest BCUT2D eigenvalue weighted by Gasteiger charge is 2.03. The summed E-state index contributed by atoms with van der Waals surface area (Å²) in [5.74, 6) is 0.810. The summed E-state index contributed by atoms with van der Waals surface area (Å²) in [6, 6.07) is 6.07. The van der Waals surface area contributed by atoms with Crippen LogP contribution in [0.3, 0.4) is 0 Å². The highest BCUT2D eigenvalue weighted by Crippen LogP contribution is 2.22. The van der Waals surface area contributed by atoms with Crippen LogP contribution in [0.5, 0.6) is 5.75 Å². The Balaban J connectivity index is 1.82. The molecular formula is C15H21ClN4O. The summed E-state index contributed by atoms with van der Waals surface area (Å²) in [6.07, 6.45) is 1.93.